The number of rotatable bonds is 4. The smallest absolute Gasteiger partial charge is 0.00197 e. The summed E-state index contributed by atoms with van der Waals surface area (Å²) in [6.07, 6.45) is 15.0. The lowest BCUT2D eigenvalue weighted by Gasteiger charge is -2.50. The number of hydrogen-bond donors (Lipinski definition) is 0. The van der Waals surface area contributed by atoms with Crippen molar-refractivity contribution in [1.29, 1.82) is 0 Å². The fraction of sp³-hybridized carbons (Fsp3) is 0.467. The Morgan fingerprint density at radius 3 is 2.67 bits per heavy atom. The minimum atomic E-state index is 0.475. The van der Waals surface area contributed by atoms with Gasteiger partial charge in [0.2, 0.25) is 0 Å². The van der Waals surface area contributed by atoms with E-state index >= 15 is 0 Å². The monoisotopic (exact) mass is 396 g/mol. The van der Waals surface area contributed by atoms with Crippen molar-refractivity contribution in [2.45, 2.75) is 71.1 Å². The Morgan fingerprint density at radius 1 is 1.07 bits per heavy atom. The third-order valence-electron chi connectivity index (χ3n) is 8.74. The zero-order chi connectivity index (χ0) is 20.7. The lowest BCUT2D eigenvalue weighted by atomic mass is 9.55. The van der Waals surface area contributed by atoms with Crippen molar-refractivity contribution in [2.24, 2.45) is 17.3 Å². The highest BCUT2D eigenvalue weighted by Gasteiger charge is 2.52. The summed E-state index contributed by atoms with van der Waals surface area (Å²) in [5, 5.41) is 0. The van der Waals surface area contributed by atoms with Gasteiger partial charge in [-0.05, 0) is 102 Å². The summed E-state index contributed by atoms with van der Waals surface area (Å²) in [6.45, 7) is 9.04. The van der Waals surface area contributed by atoms with Crippen molar-refractivity contribution in [1.82, 2.24) is 0 Å². The molecule has 4 unspecified atom stereocenters. The molecule has 3 aliphatic carbocycles. The molecule has 0 aromatic heterocycles. The van der Waals surface area contributed by atoms with Crippen LogP contribution in [-0.2, 0) is 12.8 Å². The highest BCUT2D eigenvalue weighted by molar-refractivity contribution is 5.57. The van der Waals surface area contributed by atoms with Gasteiger partial charge in [-0.3, -0.25) is 0 Å². The van der Waals surface area contributed by atoms with Gasteiger partial charge in [-0.15, -0.1) is 0 Å². The first-order valence-corrected chi connectivity index (χ1v) is 12.2. The molecule has 4 atom stereocenters. The van der Waals surface area contributed by atoms with E-state index < -0.39 is 0 Å². The van der Waals surface area contributed by atoms with Gasteiger partial charge < -0.3 is 0 Å². The van der Waals surface area contributed by atoms with Gasteiger partial charge in [-0.2, -0.15) is 0 Å². The molecule has 0 bridgehead atoms. The first kappa shape index (κ1) is 19.9. The van der Waals surface area contributed by atoms with E-state index in [1.54, 1.807) is 16.7 Å². The van der Waals surface area contributed by atoms with Crippen molar-refractivity contribution in [3.8, 4) is 0 Å². The van der Waals surface area contributed by atoms with Crippen LogP contribution in [0.3, 0.4) is 0 Å². The van der Waals surface area contributed by atoms with Gasteiger partial charge in [0.1, 0.15) is 0 Å². The lowest BCUT2D eigenvalue weighted by Crippen LogP contribution is -2.40. The molecule has 156 valence electrons. The highest BCUT2D eigenvalue weighted by Crippen LogP contribution is 2.62. The van der Waals surface area contributed by atoms with Gasteiger partial charge in [0, 0.05) is 0 Å². The van der Waals surface area contributed by atoms with E-state index in [1.807, 2.05) is 0 Å². The molecule has 3 aliphatic rings. The molecule has 2 fully saturated rings. The zero-order valence-corrected chi connectivity index (χ0v) is 18.8. The van der Waals surface area contributed by atoms with E-state index in [2.05, 4.69) is 75.0 Å². The maximum Gasteiger partial charge on any atom is -0.00197 e. The molecule has 30 heavy (non-hydrogen) atoms. The van der Waals surface area contributed by atoms with E-state index in [0.29, 0.717) is 5.41 Å². The fourth-order valence-electron chi connectivity index (χ4n) is 7.28. The SMILES string of the molecule is C=Cc1cc2c(cc1Cc1ccccc1)C1CCC3(C)/C(=C\CC)CCC3C1CC2. The summed E-state index contributed by atoms with van der Waals surface area (Å²) in [7, 11) is 0. The Balaban J connectivity index is 1.49. The average Bonchev–Trinajstić information content (AvgIpc) is 3.10. The Hall–Kier alpha value is -2.08. The molecule has 2 saturated carbocycles. The molecule has 2 aromatic carbocycles. The highest BCUT2D eigenvalue weighted by atomic mass is 14.6. The molecule has 0 spiro atoms. The largest absolute Gasteiger partial charge is 0.0985 e. The lowest BCUT2D eigenvalue weighted by molar-refractivity contribution is 0.0812. The Bertz CT molecular complexity index is 963. The molecule has 0 N–H and O–H groups in total. The van der Waals surface area contributed by atoms with Crippen molar-refractivity contribution in [3.05, 3.63) is 88.5 Å². The van der Waals surface area contributed by atoms with Gasteiger partial charge in [0.15, 0.2) is 0 Å². The molecule has 0 radical (unpaired) electrons. The molecule has 0 heterocycles. The topological polar surface area (TPSA) is 0 Å². The van der Waals surface area contributed by atoms with Gasteiger partial charge in [0.25, 0.3) is 0 Å². The van der Waals surface area contributed by atoms with E-state index in [1.165, 1.54) is 61.6 Å². The number of aryl methyl sites for hydroxylation is 1. The van der Waals surface area contributed by atoms with Crippen LogP contribution in [0.5, 0.6) is 0 Å². The molecule has 5 rings (SSSR count). The Labute approximate surface area is 183 Å². The van der Waals surface area contributed by atoms with E-state index in [4.69, 9.17) is 0 Å². The van der Waals surface area contributed by atoms with Crippen molar-refractivity contribution >= 4 is 6.08 Å². The molecular weight excluding hydrogens is 360 g/mol. The summed E-state index contributed by atoms with van der Waals surface area (Å²) < 4.78 is 0. The van der Waals surface area contributed by atoms with Gasteiger partial charge in [0.05, 0.1) is 0 Å². The number of benzene rings is 2. The first-order valence-electron chi connectivity index (χ1n) is 12.2. The first-order chi connectivity index (χ1) is 14.6. The molecule has 0 amide bonds. The molecular formula is C30H36. The van der Waals surface area contributed by atoms with Crippen molar-refractivity contribution in [2.75, 3.05) is 0 Å². The predicted molar refractivity (Wildman–Crippen MR) is 129 cm³/mol. The minimum absolute atomic E-state index is 0.475. The number of fused-ring (bicyclic) bond motifs is 5. The average molecular weight is 397 g/mol. The minimum Gasteiger partial charge on any atom is -0.0985 e. The van der Waals surface area contributed by atoms with Crippen LogP contribution in [0.25, 0.3) is 6.08 Å². The molecule has 0 heteroatoms. The van der Waals surface area contributed by atoms with Crippen molar-refractivity contribution < 1.29 is 0 Å². The normalized spacial score (nSPS) is 31.1. The molecule has 2 aromatic rings. The van der Waals surface area contributed by atoms with Crippen LogP contribution < -0.4 is 0 Å². The van der Waals surface area contributed by atoms with Crippen LogP contribution >= 0.6 is 0 Å². The van der Waals surface area contributed by atoms with Crippen LogP contribution in [0, 0.1) is 17.3 Å². The van der Waals surface area contributed by atoms with Crippen LogP contribution in [0.4, 0.5) is 0 Å². The summed E-state index contributed by atoms with van der Waals surface area (Å²) in [5.74, 6) is 2.53. The maximum atomic E-state index is 4.14. The second-order valence-electron chi connectivity index (χ2n) is 10.2. The summed E-state index contributed by atoms with van der Waals surface area (Å²) in [6, 6.07) is 16.0. The van der Waals surface area contributed by atoms with E-state index in [-0.39, 0.29) is 0 Å². The third kappa shape index (κ3) is 3.20. The van der Waals surface area contributed by atoms with Gasteiger partial charge in [-0.1, -0.05) is 80.6 Å². The molecule has 0 aliphatic heterocycles. The van der Waals surface area contributed by atoms with Gasteiger partial charge >= 0.3 is 0 Å². The fourth-order valence-corrected chi connectivity index (χ4v) is 7.28. The van der Waals surface area contributed by atoms with Crippen LogP contribution in [-0.4, -0.2) is 0 Å². The Kier molecular flexibility index (Phi) is 5.21. The second-order valence-corrected chi connectivity index (χ2v) is 10.2. The predicted octanol–water partition coefficient (Wildman–Crippen LogP) is 8.11. The number of hydrogen-bond acceptors (Lipinski definition) is 0. The quantitative estimate of drug-likeness (QED) is 0.458. The van der Waals surface area contributed by atoms with E-state index in [0.717, 1.165) is 24.2 Å². The number of allylic oxidation sites excluding steroid dienone is 2. The maximum absolute atomic E-state index is 4.14. The van der Waals surface area contributed by atoms with Crippen LogP contribution in [0.15, 0.2) is 60.7 Å². The Morgan fingerprint density at radius 2 is 1.90 bits per heavy atom. The van der Waals surface area contributed by atoms with Crippen LogP contribution in [0.1, 0.15) is 86.1 Å². The standard InChI is InChI=1S/C30H36/c1-4-9-25-13-15-29-27-14-12-23-19-22(5-2)24(18-21-10-7-6-8-11-21)20-28(23)26(27)16-17-30(25,29)3/h5-11,19-20,26-27,29H,2,4,12-18H2,1,3H3/b25-9-. The molecule has 0 saturated heterocycles. The summed E-state index contributed by atoms with van der Waals surface area (Å²) in [5.41, 5.74) is 9.74. The summed E-state index contributed by atoms with van der Waals surface area (Å²) in [4.78, 5) is 0. The van der Waals surface area contributed by atoms with E-state index in [9.17, 15) is 0 Å². The third-order valence-corrected chi connectivity index (χ3v) is 8.74. The van der Waals surface area contributed by atoms with Crippen LogP contribution in [0.2, 0.25) is 0 Å². The second kappa shape index (κ2) is 7.88. The zero-order valence-electron chi connectivity index (χ0n) is 18.8. The van der Waals surface area contributed by atoms with Gasteiger partial charge in [-0.25, -0.2) is 0 Å². The summed E-state index contributed by atoms with van der Waals surface area (Å²) >= 11 is 0. The molecule has 0 nitrogen and oxygen atoms in total. The van der Waals surface area contributed by atoms with Crippen molar-refractivity contribution in [3.63, 3.8) is 0 Å².